The standard InChI is InChI=1S/C20H24N4O4S/c1-28-15-5-7-16(8-6-15)29(26,27)24-11-9-14(10-12-24)20(25)23-19-17-3-2-4-18(17)21-13-22-19/h5-8,13-14H,2-4,9-12H2,1H3,(H,21,22,23,25). The molecule has 1 saturated heterocycles. The number of sulfonamides is 1. The molecule has 1 amide bonds. The van der Waals surface area contributed by atoms with E-state index in [1.54, 1.807) is 24.3 Å². The van der Waals surface area contributed by atoms with Gasteiger partial charge in [0.2, 0.25) is 15.9 Å². The number of rotatable bonds is 5. The van der Waals surface area contributed by atoms with Gasteiger partial charge in [0.1, 0.15) is 17.9 Å². The number of methoxy groups -OCH3 is 1. The molecule has 1 aromatic heterocycles. The van der Waals surface area contributed by atoms with Gasteiger partial charge in [-0.1, -0.05) is 0 Å². The topological polar surface area (TPSA) is 101 Å². The molecule has 0 radical (unpaired) electrons. The minimum Gasteiger partial charge on any atom is -0.497 e. The molecule has 0 unspecified atom stereocenters. The lowest BCUT2D eigenvalue weighted by molar-refractivity contribution is -0.120. The molecule has 1 aliphatic heterocycles. The van der Waals surface area contributed by atoms with Crippen molar-refractivity contribution in [2.45, 2.75) is 37.0 Å². The van der Waals surface area contributed by atoms with Crippen LogP contribution in [0.5, 0.6) is 5.75 Å². The predicted octanol–water partition coefficient (Wildman–Crippen LogP) is 2.01. The summed E-state index contributed by atoms with van der Waals surface area (Å²) >= 11 is 0. The Morgan fingerprint density at radius 1 is 1.14 bits per heavy atom. The maximum atomic E-state index is 12.8. The average Bonchev–Trinajstić information content (AvgIpc) is 3.24. The molecule has 0 spiro atoms. The van der Waals surface area contributed by atoms with Gasteiger partial charge in [-0.25, -0.2) is 18.4 Å². The van der Waals surface area contributed by atoms with Crippen LogP contribution in [0.25, 0.3) is 0 Å². The van der Waals surface area contributed by atoms with Gasteiger partial charge >= 0.3 is 0 Å². The second kappa shape index (κ2) is 8.08. The van der Waals surface area contributed by atoms with Gasteiger partial charge in [-0.05, 0) is 56.4 Å². The molecule has 1 N–H and O–H groups in total. The Morgan fingerprint density at radius 3 is 2.55 bits per heavy atom. The highest BCUT2D eigenvalue weighted by molar-refractivity contribution is 7.89. The highest BCUT2D eigenvalue weighted by atomic mass is 32.2. The summed E-state index contributed by atoms with van der Waals surface area (Å²) in [4.78, 5) is 21.5. The zero-order valence-corrected chi connectivity index (χ0v) is 17.1. The summed E-state index contributed by atoms with van der Waals surface area (Å²) in [5.74, 6) is 0.880. The molecule has 1 aliphatic carbocycles. The molecule has 154 valence electrons. The van der Waals surface area contributed by atoms with E-state index in [0.29, 0.717) is 37.5 Å². The molecule has 2 aliphatic rings. The monoisotopic (exact) mass is 416 g/mol. The van der Waals surface area contributed by atoms with Gasteiger partial charge in [0.25, 0.3) is 0 Å². The first-order valence-corrected chi connectivity index (χ1v) is 11.2. The molecule has 4 rings (SSSR count). The van der Waals surface area contributed by atoms with E-state index in [1.807, 2.05) is 0 Å². The molecule has 0 atom stereocenters. The SMILES string of the molecule is COc1ccc(S(=O)(=O)N2CCC(C(=O)Nc3ncnc4c3CCC4)CC2)cc1. The van der Waals surface area contributed by atoms with Crippen LogP contribution in [-0.4, -0.2) is 48.8 Å². The molecule has 29 heavy (non-hydrogen) atoms. The fourth-order valence-electron chi connectivity index (χ4n) is 3.94. The van der Waals surface area contributed by atoms with Gasteiger partial charge in [0.15, 0.2) is 0 Å². The van der Waals surface area contributed by atoms with E-state index < -0.39 is 10.0 Å². The summed E-state index contributed by atoms with van der Waals surface area (Å²) in [6.45, 7) is 0.628. The molecule has 9 heteroatoms. The quantitative estimate of drug-likeness (QED) is 0.800. The number of aromatic nitrogens is 2. The lowest BCUT2D eigenvalue weighted by Gasteiger charge is -2.30. The minimum absolute atomic E-state index is 0.0979. The molecule has 2 heterocycles. The van der Waals surface area contributed by atoms with Crippen molar-refractivity contribution in [1.82, 2.24) is 14.3 Å². The van der Waals surface area contributed by atoms with Gasteiger partial charge < -0.3 is 10.1 Å². The smallest absolute Gasteiger partial charge is 0.243 e. The van der Waals surface area contributed by atoms with E-state index in [1.165, 1.54) is 17.7 Å². The molecule has 8 nitrogen and oxygen atoms in total. The van der Waals surface area contributed by atoms with Crippen molar-refractivity contribution in [2.75, 3.05) is 25.5 Å². The first-order valence-electron chi connectivity index (χ1n) is 9.77. The van der Waals surface area contributed by atoms with Crippen molar-refractivity contribution in [3.05, 3.63) is 41.9 Å². The Bertz CT molecular complexity index is 1000. The fourth-order valence-corrected chi connectivity index (χ4v) is 5.41. The molecular formula is C20H24N4O4S. The van der Waals surface area contributed by atoms with Crippen LogP contribution in [0.15, 0.2) is 35.5 Å². The van der Waals surface area contributed by atoms with Crippen LogP contribution in [0.1, 0.15) is 30.5 Å². The number of anilines is 1. The average molecular weight is 417 g/mol. The Balaban J connectivity index is 1.39. The number of fused-ring (bicyclic) bond motifs is 1. The number of ether oxygens (including phenoxy) is 1. The number of hydrogen-bond donors (Lipinski definition) is 1. The fraction of sp³-hybridized carbons (Fsp3) is 0.450. The molecule has 1 fully saturated rings. The van der Waals surface area contributed by atoms with Gasteiger partial charge in [-0.15, -0.1) is 0 Å². The van der Waals surface area contributed by atoms with Gasteiger partial charge in [-0.2, -0.15) is 4.31 Å². The largest absolute Gasteiger partial charge is 0.497 e. The molecule has 1 aromatic carbocycles. The Hall–Kier alpha value is -2.52. The van der Waals surface area contributed by atoms with Gasteiger partial charge in [0.05, 0.1) is 12.0 Å². The van der Waals surface area contributed by atoms with Crippen LogP contribution in [0, 0.1) is 5.92 Å². The minimum atomic E-state index is -3.58. The van der Waals surface area contributed by atoms with Crippen molar-refractivity contribution in [3.63, 3.8) is 0 Å². The van der Waals surface area contributed by atoms with Gasteiger partial charge in [-0.3, -0.25) is 4.79 Å². The number of carbonyl (C=O) groups excluding carboxylic acids is 1. The number of aryl methyl sites for hydroxylation is 1. The van der Waals surface area contributed by atoms with E-state index in [9.17, 15) is 13.2 Å². The highest BCUT2D eigenvalue weighted by Gasteiger charge is 2.32. The number of nitrogens with zero attached hydrogens (tertiary/aromatic N) is 3. The number of piperidine rings is 1. The summed E-state index contributed by atoms with van der Waals surface area (Å²) in [6, 6.07) is 6.35. The zero-order valence-electron chi connectivity index (χ0n) is 16.3. The van der Waals surface area contributed by atoms with Crippen molar-refractivity contribution in [1.29, 1.82) is 0 Å². The predicted molar refractivity (Wildman–Crippen MR) is 107 cm³/mol. The summed E-state index contributed by atoms with van der Waals surface area (Å²) in [5.41, 5.74) is 2.04. The summed E-state index contributed by atoms with van der Waals surface area (Å²) in [7, 11) is -2.04. The van der Waals surface area contributed by atoms with Crippen LogP contribution >= 0.6 is 0 Å². The van der Waals surface area contributed by atoms with Crippen molar-refractivity contribution in [2.24, 2.45) is 5.92 Å². The third-order valence-electron chi connectivity index (χ3n) is 5.64. The third kappa shape index (κ3) is 3.97. The van der Waals surface area contributed by atoms with Crippen LogP contribution in [0.4, 0.5) is 5.82 Å². The first kappa shape index (κ1) is 19.8. The van der Waals surface area contributed by atoms with Crippen LogP contribution in [-0.2, 0) is 27.7 Å². The second-order valence-electron chi connectivity index (χ2n) is 7.34. The summed E-state index contributed by atoms with van der Waals surface area (Å²) < 4.78 is 32.2. The summed E-state index contributed by atoms with van der Waals surface area (Å²) in [5, 5.41) is 2.94. The molecule has 0 bridgehead atoms. The number of carbonyl (C=O) groups is 1. The van der Waals surface area contributed by atoms with E-state index in [4.69, 9.17) is 4.74 Å². The zero-order chi connectivity index (χ0) is 20.4. The number of hydrogen-bond acceptors (Lipinski definition) is 6. The van der Waals surface area contributed by atoms with E-state index in [-0.39, 0.29) is 16.7 Å². The molecule has 0 saturated carbocycles. The second-order valence-corrected chi connectivity index (χ2v) is 9.28. The van der Waals surface area contributed by atoms with Crippen LogP contribution < -0.4 is 10.1 Å². The van der Waals surface area contributed by atoms with Crippen LogP contribution in [0.2, 0.25) is 0 Å². The van der Waals surface area contributed by atoms with Gasteiger partial charge in [0, 0.05) is 30.3 Å². The summed E-state index contributed by atoms with van der Waals surface area (Å²) in [6.07, 6.45) is 5.28. The third-order valence-corrected chi connectivity index (χ3v) is 7.55. The lowest BCUT2D eigenvalue weighted by atomic mass is 9.97. The normalized spacial score (nSPS) is 17.7. The van der Waals surface area contributed by atoms with E-state index >= 15 is 0 Å². The number of nitrogens with one attached hydrogen (secondary N) is 1. The van der Waals surface area contributed by atoms with E-state index in [2.05, 4.69) is 15.3 Å². The van der Waals surface area contributed by atoms with Crippen molar-refractivity contribution < 1.29 is 17.9 Å². The van der Waals surface area contributed by atoms with Crippen molar-refractivity contribution >= 4 is 21.7 Å². The highest BCUT2D eigenvalue weighted by Crippen LogP contribution is 2.28. The lowest BCUT2D eigenvalue weighted by Crippen LogP contribution is -2.41. The van der Waals surface area contributed by atoms with E-state index in [0.717, 1.165) is 30.5 Å². The maximum Gasteiger partial charge on any atom is 0.243 e. The van der Waals surface area contributed by atoms with Crippen LogP contribution in [0.3, 0.4) is 0 Å². The number of amides is 1. The Morgan fingerprint density at radius 2 is 1.86 bits per heavy atom. The maximum absolute atomic E-state index is 12.8. The van der Waals surface area contributed by atoms with Crippen molar-refractivity contribution in [3.8, 4) is 5.75 Å². The molecular weight excluding hydrogens is 392 g/mol. The number of benzene rings is 1. The molecule has 2 aromatic rings. The first-order chi connectivity index (χ1) is 14.0. The Labute approximate surface area is 170 Å². The Kier molecular flexibility index (Phi) is 5.51.